The molecule has 0 unspecified atom stereocenters. The van der Waals surface area contributed by atoms with Gasteiger partial charge in [0, 0.05) is 11.6 Å². The molecule has 2 aromatic heterocycles. The molecule has 0 spiro atoms. The second-order valence-electron chi connectivity index (χ2n) is 7.93. The number of nitrogens with zero attached hydrogens (tertiary/aromatic N) is 3. The molecule has 0 saturated carbocycles. The van der Waals surface area contributed by atoms with E-state index in [-0.39, 0.29) is 11.5 Å². The Kier molecular flexibility index (Phi) is 5.52. The molecule has 0 aliphatic carbocycles. The largest absolute Gasteiger partial charge is 0.443 e. The summed E-state index contributed by atoms with van der Waals surface area (Å²) in [6.45, 7) is 5.26. The van der Waals surface area contributed by atoms with Crippen molar-refractivity contribution in [1.82, 2.24) is 9.88 Å². The van der Waals surface area contributed by atoms with E-state index in [1.165, 1.54) is 0 Å². The number of carbonyl (C=O) groups excluding carboxylic acids is 2. The summed E-state index contributed by atoms with van der Waals surface area (Å²) in [4.78, 5) is 35.7. The minimum absolute atomic E-state index is 0.159. The van der Waals surface area contributed by atoms with Gasteiger partial charge in [-0.3, -0.25) is 9.78 Å². The van der Waals surface area contributed by atoms with Gasteiger partial charge in [-0.15, -0.1) is 0 Å². The zero-order chi connectivity index (χ0) is 22.0. The first-order valence-corrected chi connectivity index (χ1v) is 10.7. The number of amidine groups is 1. The molecule has 6 nitrogen and oxygen atoms in total. The third-order valence-electron chi connectivity index (χ3n) is 4.40. The maximum Gasteiger partial charge on any atom is 0.423 e. The van der Waals surface area contributed by atoms with Crippen LogP contribution in [0.5, 0.6) is 0 Å². The van der Waals surface area contributed by atoms with Gasteiger partial charge in [0.15, 0.2) is 0 Å². The molecular formula is C24H21N3O3S. The summed E-state index contributed by atoms with van der Waals surface area (Å²) < 4.78 is 5.44. The fourth-order valence-electron chi connectivity index (χ4n) is 3.07. The number of aliphatic imine (C=N–C) groups is 1. The standard InChI is InChI=1S/C24H21N3O3S/c1-24(2,3)30-23(29)27-21(10-9-16-11-13-31-15-16)26-20(22(27)28)14-17-6-4-8-19-18(17)7-5-12-25-19/h4-15H,1-3H3/b10-9+,20-14-. The highest BCUT2D eigenvalue weighted by Crippen LogP contribution is 2.25. The lowest BCUT2D eigenvalue weighted by Crippen LogP contribution is -2.41. The molecule has 4 rings (SSSR count). The first-order valence-electron chi connectivity index (χ1n) is 9.74. The molecule has 0 N–H and O–H groups in total. The highest BCUT2D eigenvalue weighted by molar-refractivity contribution is 7.08. The van der Waals surface area contributed by atoms with Gasteiger partial charge in [0.2, 0.25) is 0 Å². The monoisotopic (exact) mass is 431 g/mol. The molecule has 1 aliphatic heterocycles. The van der Waals surface area contributed by atoms with Crippen molar-refractivity contribution in [1.29, 1.82) is 0 Å². The van der Waals surface area contributed by atoms with Crippen molar-refractivity contribution in [2.75, 3.05) is 0 Å². The third-order valence-corrected chi connectivity index (χ3v) is 5.10. The third kappa shape index (κ3) is 4.62. The molecular weight excluding hydrogens is 410 g/mol. The second kappa shape index (κ2) is 8.28. The summed E-state index contributed by atoms with van der Waals surface area (Å²) in [5, 5.41) is 4.81. The van der Waals surface area contributed by atoms with Crippen LogP contribution in [0, 0.1) is 0 Å². The first kappa shape index (κ1) is 20.7. The van der Waals surface area contributed by atoms with Crippen LogP contribution in [0.2, 0.25) is 0 Å². The summed E-state index contributed by atoms with van der Waals surface area (Å²) in [6, 6.07) is 11.4. The summed E-state index contributed by atoms with van der Waals surface area (Å²) in [5.74, 6) is -0.310. The number of rotatable bonds is 3. The highest BCUT2D eigenvalue weighted by Gasteiger charge is 2.37. The lowest BCUT2D eigenvalue weighted by atomic mass is 10.1. The minimum Gasteiger partial charge on any atom is -0.443 e. The number of hydrogen-bond donors (Lipinski definition) is 0. The molecule has 2 amide bonds. The molecule has 1 aromatic carbocycles. The average molecular weight is 432 g/mol. The minimum atomic E-state index is -0.755. The van der Waals surface area contributed by atoms with Crippen LogP contribution < -0.4 is 0 Å². The van der Waals surface area contributed by atoms with Gasteiger partial charge >= 0.3 is 6.09 Å². The molecule has 3 heterocycles. The number of ether oxygens (including phenoxy) is 1. The van der Waals surface area contributed by atoms with E-state index in [1.54, 1.807) is 50.5 Å². The number of thiophene rings is 1. The molecule has 156 valence electrons. The molecule has 0 bridgehead atoms. The van der Waals surface area contributed by atoms with Gasteiger partial charge in [-0.25, -0.2) is 9.79 Å². The Balaban J connectivity index is 1.75. The zero-order valence-electron chi connectivity index (χ0n) is 17.4. The fourth-order valence-corrected chi connectivity index (χ4v) is 3.70. The number of hydrogen-bond acceptors (Lipinski definition) is 6. The summed E-state index contributed by atoms with van der Waals surface area (Å²) in [6.07, 6.45) is 6.10. The van der Waals surface area contributed by atoms with Gasteiger partial charge in [0.05, 0.1) is 5.52 Å². The topological polar surface area (TPSA) is 71.9 Å². The van der Waals surface area contributed by atoms with E-state index in [4.69, 9.17) is 4.74 Å². The average Bonchev–Trinajstić information content (AvgIpc) is 3.33. The lowest BCUT2D eigenvalue weighted by Gasteiger charge is -2.23. The quantitative estimate of drug-likeness (QED) is 0.512. The summed E-state index contributed by atoms with van der Waals surface area (Å²) in [5.41, 5.74) is 1.99. The van der Waals surface area contributed by atoms with Crippen LogP contribution in [0.25, 0.3) is 23.1 Å². The first-order chi connectivity index (χ1) is 14.8. The molecule has 1 aliphatic rings. The summed E-state index contributed by atoms with van der Waals surface area (Å²) >= 11 is 1.56. The van der Waals surface area contributed by atoms with Gasteiger partial charge in [-0.2, -0.15) is 16.2 Å². The Morgan fingerprint density at radius 1 is 1.13 bits per heavy atom. The zero-order valence-corrected chi connectivity index (χ0v) is 18.2. The van der Waals surface area contributed by atoms with E-state index in [2.05, 4.69) is 9.98 Å². The predicted octanol–water partition coefficient (Wildman–Crippen LogP) is 5.53. The van der Waals surface area contributed by atoms with Crippen molar-refractivity contribution in [3.05, 3.63) is 76.3 Å². The lowest BCUT2D eigenvalue weighted by molar-refractivity contribution is -0.122. The Morgan fingerprint density at radius 2 is 1.97 bits per heavy atom. The van der Waals surface area contributed by atoms with E-state index in [9.17, 15) is 9.59 Å². The van der Waals surface area contributed by atoms with Crippen molar-refractivity contribution >= 4 is 52.2 Å². The number of amides is 2. The number of aromatic nitrogens is 1. The van der Waals surface area contributed by atoms with Gasteiger partial charge < -0.3 is 4.74 Å². The number of fused-ring (bicyclic) bond motifs is 1. The predicted molar refractivity (Wildman–Crippen MR) is 124 cm³/mol. The number of carbonyl (C=O) groups is 2. The summed E-state index contributed by atoms with van der Waals surface area (Å²) in [7, 11) is 0. The molecule has 31 heavy (non-hydrogen) atoms. The molecule has 7 heteroatoms. The van der Waals surface area contributed by atoms with Crippen LogP contribution >= 0.6 is 11.3 Å². The van der Waals surface area contributed by atoms with E-state index >= 15 is 0 Å². The van der Waals surface area contributed by atoms with Crippen molar-refractivity contribution < 1.29 is 14.3 Å². The number of benzene rings is 1. The SMILES string of the molecule is CC(C)(C)OC(=O)N1C(=O)/C(=C/c2cccc3ncccc23)N=C1/C=C/c1ccsc1. The van der Waals surface area contributed by atoms with E-state index < -0.39 is 17.6 Å². The van der Waals surface area contributed by atoms with Gasteiger partial charge in [-0.1, -0.05) is 24.3 Å². The Hall–Kier alpha value is -3.58. The molecule has 0 saturated heterocycles. The van der Waals surface area contributed by atoms with Crippen LogP contribution in [0.1, 0.15) is 31.9 Å². The van der Waals surface area contributed by atoms with Crippen molar-refractivity contribution in [3.63, 3.8) is 0 Å². The number of imide groups is 1. The molecule has 0 radical (unpaired) electrons. The van der Waals surface area contributed by atoms with Crippen LogP contribution in [-0.4, -0.2) is 33.3 Å². The maximum absolute atomic E-state index is 13.1. The van der Waals surface area contributed by atoms with Gasteiger partial charge in [0.1, 0.15) is 17.1 Å². The Labute approximate surface area is 184 Å². The van der Waals surface area contributed by atoms with E-state index in [0.717, 1.165) is 26.9 Å². The Morgan fingerprint density at radius 3 is 2.71 bits per heavy atom. The molecule has 0 atom stereocenters. The molecule has 0 fully saturated rings. The van der Waals surface area contributed by atoms with E-state index in [1.807, 2.05) is 53.2 Å². The van der Waals surface area contributed by atoms with Crippen molar-refractivity contribution in [2.24, 2.45) is 4.99 Å². The maximum atomic E-state index is 13.1. The highest BCUT2D eigenvalue weighted by atomic mass is 32.1. The van der Waals surface area contributed by atoms with Crippen molar-refractivity contribution in [3.8, 4) is 0 Å². The van der Waals surface area contributed by atoms with Crippen molar-refractivity contribution in [2.45, 2.75) is 26.4 Å². The van der Waals surface area contributed by atoms with E-state index in [0.29, 0.717) is 0 Å². The van der Waals surface area contributed by atoms with Gasteiger partial charge in [-0.05, 0) is 73.0 Å². The number of pyridine rings is 1. The Bertz CT molecular complexity index is 1230. The van der Waals surface area contributed by atoms with Crippen LogP contribution in [0.4, 0.5) is 4.79 Å². The smallest absolute Gasteiger partial charge is 0.423 e. The normalized spacial score (nSPS) is 15.8. The van der Waals surface area contributed by atoms with Gasteiger partial charge in [0.25, 0.3) is 5.91 Å². The van der Waals surface area contributed by atoms with Crippen LogP contribution in [-0.2, 0) is 9.53 Å². The van der Waals surface area contributed by atoms with Crippen LogP contribution in [0.3, 0.4) is 0 Å². The fraction of sp³-hybridized carbons (Fsp3) is 0.167. The molecule has 3 aromatic rings. The van der Waals surface area contributed by atoms with Crippen LogP contribution in [0.15, 0.2) is 70.1 Å². The second-order valence-corrected chi connectivity index (χ2v) is 8.71.